The lowest BCUT2D eigenvalue weighted by Crippen LogP contribution is -2.56. The van der Waals surface area contributed by atoms with Crippen LogP contribution in [0.2, 0.25) is 0 Å². The average Bonchev–Trinajstić information content (AvgIpc) is 2.50. The van der Waals surface area contributed by atoms with Crippen molar-refractivity contribution < 1.29 is 9.53 Å². The maximum absolute atomic E-state index is 11.3. The fourth-order valence-electron chi connectivity index (χ4n) is 3.28. The van der Waals surface area contributed by atoms with E-state index >= 15 is 0 Å². The van der Waals surface area contributed by atoms with Crippen LogP contribution < -0.4 is 5.32 Å². The lowest BCUT2D eigenvalue weighted by atomic mass is 10.0. The summed E-state index contributed by atoms with van der Waals surface area (Å²) in [5, 5.41) is 3.02. The van der Waals surface area contributed by atoms with Crippen LogP contribution in [0.4, 0.5) is 0 Å². The minimum Gasteiger partial charge on any atom is -0.378 e. The second-order valence-corrected chi connectivity index (χ2v) is 8.01. The van der Waals surface area contributed by atoms with Gasteiger partial charge in [0.2, 0.25) is 5.91 Å². The number of amides is 1. The molecule has 5 nitrogen and oxygen atoms in total. The molecule has 142 valence electrons. The van der Waals surface area contributed by atoms with Crippen LogP contribution in [0.15, 0.2) is 0 Å². The smallest absolute Gasteiger partial charge is 0.234 e. The van der Waals surface area contributed by atoms with Gasteiger partial charge in [-0.2, -0.15) is 0 Å². The monoisotopic (exact) mass is 341 g/mol. The van der Waals surface area contributed by atoms with Crippen molar-refractivity contribution in [2.24, 2.45) is 5.92 Å². The van der Waals surface area contributed by atoms with Gasteiger partial charge >= 0.3 is 0 Å². The Morgan fingerprint density at radius 3 is 2.46 bits per heavy atom. The molecule has 24 heavy (non-hydrogen) atoms. The SMILES string of the molecule is CCCN1CC(=O)NC(C(C)C)C1.CCCN1CCOCC1(C)C. The first kappa shape index (κ1) is 21.4. The molecular formula is C19H39N3O2. The van der Waals surface area contributed by atoms with Crippen LogP contribution in [-0.4, -0.2) is 73.2 Å². The van der Waals surface area contributed by atoms with E-state index in [9.17, 15) is 4.79 Å². The summed E-state index contributed by atoms with van der Waals surface area (Å²) >= 11 is 0. The number of hydrogen-bond acceptors (Lipinski definition) is 4. The van der Waals surface area contributed by atoms with Crippen LogP contribution >= 0.6 is 0 Å². The van der Waals surface area contributed by atoms with Crippen LogP contribution in [0, 0.1) is 5.92 Å². The molecular weight excluding hydrogens is 302 g/mol. The van der Waals surface area contributed by atoms with Crippen LogP contribution in [-0.2, 0) is 9.53 Å². The van der Waals surface area contributed by atoms with Crippen molar-refractivity contribution >= 4 is 5.91 Å². The van der Waals surface area contributed by atoms with E-state index in [4.69, 9.17) is 4.74 Å². The maximum Gasteiger partial charge on any atom is 0.234 e. The Bertz CT molecular complexity index is 370. The molecule has 1 atom stereocenters. The molecule has 2 fully saturated rings. The van der Waals surface area contributed by atoms with E-state index < -0.39 is 0 Å². The van der Waals surface area contributed by atoms with Crippen molar-refractivity contribution in [2.75, 3.05) is 45.9 Å². The van der Waals surface area contributed by atoms with E-state index in [2.05, 4.69) is 56.7 Å². The van der Waals surface area contributed by atoms with Gasteiger partial charge in [-0.25, -0.2) is 0 Å². The van der Waals surface area contributed by atoms with E-state index in [-0.39, 0.29) is 11.4 Å². The summed E-state index contributed by atoms with van der Waals surface area (Å²) in [4.78, 5) is 16.1. The first-order valence-electron chi connectivity index (χ1n) is 9.64. The Hall–Kier alpha value is -0.650. The van der Waals surface area contributed by atoms with E-state index in [0.29, 0.717) is 18.5 Å². The van der Waals surface area contributed by atoms with E-state index in [1.54, 1.807) is 0 Å². The summed E-state index contributed by atoms with van der Waals surface area (Å²) in [5.41, 5.74) is 0.258. The summed E-state index contributed by atoms with van der Waals surface area (Å²) in [6.07, 6.45) is 2.36. The number of hydrogen-bond donors (Lipinski definition) is 1. The second kappa shape index (κ2) is 10.4. The minimum atomic E-state index is 0.179. The zero-order valence-electron chi connectivity index (χ0n) is 16.7. The third-order valence-electron chi connectivity index (χ3n) is 4.82. The third-order valence-corrected chi connectivity index (χ3v) is 4.82. The molecule has 0 radical (unpaired) electrons. The minimum absolute atomic E-state index is 0.179. The number of carbonyl (C=O) groups is 1. The van der Waals surface area contributed by atoms with Gasteiger partial charge in [-0.15, -0.1) is 0 Å². The van der Waals surface area contributed by atoms with Gasteiger partial charge in [0.05, 0.1) is 19.8 Å². The Labute approximate surface area is 149 Å². The molecule has 2 saturated heterocycles. The molecule has 1 amide bonds. The third kappa shape index (κ3) is 7.08. The molecule has 0 aromatic rings. The molecule has 2 aliphatic rings. The molecule has 0 aromatic carbocycles. The van der Waals surface area contributed by atoms with Gasteiger partial charge in [-0.05, 0) is 45.7 Å². The fourth-order valence-corrected chi connectivity index (χ4v) is 3.28. The first-order chi connectivity index (χ1) is 11.3. The highest BCUT2D eigenvalue weighted by molar-refractivity contribution is 5.79. The van der Waals surface area contributed by atoms with Crippen molar-refractivity contribution in [2.45, 2.75) is 66.0 Å². The topological polar surface area (TPSA) is 44.8 Å². The summed E-state index contributed by atoms with van der Waals surface area (Å²) in [6.45, 7) is 19.9. The molecule has 0 bridgehead atoms. The highest BCUT2D eigenvalue weighted by Gasteiger charge is 2.29. The van der Waals surface area contributed by atoms with Gasteiger partial charge in [0.25, 0.3) is 0 Å². The molecule has 2 aliphatic heterocycles. The van der Waals surface area contributed by atoms with Crippen molar-refractivity contribution in [1.29, 1.82) is 0 Å². The Balaban J connectivity index is 0.000000243. The summed E-state index contributed by atoms with van der Waals surface area (Å²) < 4.78 is 5.42. The Morgan fingerprint density at radius 1 is 1.25 bits per heavy atom. The summed E-state index contributed by atoms with van der Waals surface area (Å²) in [5.74, 6) is 0.710. The predicted molar refractivity (Wildman–Crippen MR) is 100 cm³/mol. The standard InChI is InChI=1S/C10H20N2O.C9H19NO/c1-4-5-12-6-9(8(2)3)11-10(13)7-12;1-4-5-10-6-7-11-8-9(10,2)3/h8-9H,4-7H2,1-3H3,(H,11,13);4-8H2,1-3H3. The fraction of sp³-hybridized carbons (Fsp3) is 0.947. The number of ether oxygens (including phenoxy) is 1. The molecule has 1 N–H and O–H groups in total. The van der Waals surface area contributed by atoms with Crippen molar-refractivity contribution in [1.82, 2.24) is 15.1 Å². The molecule has 0 spiro atoms. The van der Waals surface area contributed by atoms with E-state index in [1.165, 1.54) is 13.0 Å². The largest absolute Gasteiger partial charge is 0.378 e. The summed E-state index contributed by atoms with van der Waals surface area (Å²) in [6, 6.07) is 0.341. The lowest BCUT2D eigenvalue weighted by molar-refractivity contribution is -0.126. The molecule has 0 aliphatic carbocycles. The van der Waals surface area contributed by atoms with Crippen molar-refractivity contribution in [3.8, 4) is 0 Å². The van der Waals surface area contributed by atoms with Gasteiger partial charge in [0.15, 0.2) is 0 Å². The van der Waals surface area contributed by atoms with Gasteiger partial charge in [-0.3, -0.25) is 14.6 Å². The van der Waals surface area contributed by atoms with E-state index in [1.807, 2.05) is 0 Å². The van der Waals surface area contributed by atoms with Crippen LogP contribution in [0.1, 0.15) is 54.4 Å². The number of piperazine rings is 1. The average molecular weight is 342 g/mol. The molecule has 2 rings (SSSR count). The van der Waals surface area contributed by atoms with Crippen LogP contribution in [0.3, 0.4) is 0 Å². The molecule has 5 heteroatoms. The zero-order valence-corrected chi connectivity index (χ0v) is 16.7. The highest BCUT2D eigenvalue weighted by atomic mass is 16.5. The van der Waals surface area contributed by atoms with Gasteiger partial charge in [0, 0.05) is 24.7 Å². The zero-order chi connectivity index (χ0) is 18.2. The summed E-state index contributed by atoms with van der Waals surface area (Å²) in [7, 11) is 0. The second-order valence-electron chi connectivity index (χ2n) is 8.01. The number of rotatable bonds is 5. The first-order valence-corrected chi connectivity index (χ1v) is 9.64. The Kier molecular flexibility index (Phi) is 9.24. The van der Waals surface area contributed by atoms with Gasteiger partial charge in [-0.1, -0.05) is 27.7 Å². The number of nitrogens with zero attached hydrogens (tertiary/aromatic N) is 2. The quantitative estimate of drug-likeness (QED) is 0.834. The number of morpholine rings is 1. The predicted octanol–water partition coefficient (Wildman–Crippen LogP) is 2.36. The normalized spacial score (nSPS) is 25.1. The molecule has 1 unspecified atom stereocenters. The molecule has 0 aromatic heterocycles. The number of carbonyl (C=O) groups excluding carboxylic acids is 1. The Morgan fingerprint density at radius 2 is 1.92 bits per heavy atom. The van der Waals surface area contributed by atoms with Gasteiger partial charge < -0.3 is 10.1 Å². The van der Waals surface area contributed by atoms with Crippen molar-refractivity contribution in [3.63, 3.8) is 0 Å². The van der Waals surface area contributed by atoms with Crippen LogP contribution in [0.5, 0.6) is 0 Å². The molecule has 2 heterocycles. The van der Waals surface area contributed by atoms with Crippen molar-refractivity contribution in [3.05, 3.63) is 0 Å². The number of nitrogens with one attached hydrogen (secondary N) is 1. The van der Waals surface area contributed by atoms with Crippen LogP contribution in [0.25, 0.3) is 0 Å². The molecule has 0 saturated carbocycles. The van der Waals surface area contributed by atoms with Gasteiger partial charge in [0.1, 0.15) is 0 Å². The van der Waals surface area contributed by atoms with E-state index in [0.717, 1.165) is 39.3 Å². The highest BCUT2D eigenvalue weighted by Crippen LogP contribution is 2.18. The lowest BCUT2D eigenvalue weighted by Gasteiger charge is -2.42. The maximum atomic E-state index is 11.3.